The molecule has 1 saturated heterocycles. The first-order chi connectivity index (χ1) is 13.1. The average molecular weight is 368 g/mol. The van der Waals surface area contributed by atoms with Crippen LogP contribution < -0.4 is 15.0 Å². The summed E-state index contributed by atoms with van der Waals surface area (Å²) in [5.41, 5.74) is 2.77. The van der Waals surface area contributed by atoms with E-state index in [0.29, 0.717) is 17.0 Å². The summed E-state index contributed by atoms with van der Waals surface area (Å²) in [6.07, 6.45) is 2.42. The van der Waals surface area contributed by atoms with Crippen molar-refractivity contribution in [1.82, 2.24) is 0 Å². The number of esters is 1. The third-order valence-corrected chi connectivity index (χ3v) is 4.68. The highest BCUT2D eigenvalue weighted by Crippen LogP contribution is 2.30. The number of rotatable bonds is 6. The van der Waals surface area contributed by atoms with Crippen LogP contribution in [-0.2, 0) is 16.0 Å². The van der Waals surface area contributed by atoms with E-state index in [9.17, 15) is 9.59 Å². The maximum absolute atomic E-state index is 12.7. The normalized spacial score (nSPS) is 13.3. The van der Waals surface area contributed by atoms with Crippen LogP contribution in [0.15, 0.2) is 42.5 Å². The molecule has 27 heavy (non-hydrogen) atoms. The molecule has 1 aliphatic rings. The maximum atomic E-state index is 12.7. The third-order valence-electron chi connectivity index (χ3n) is 4.68. The number of para-hydroxylation sites is 1. The number of ether oxygens (including phenoxy) is 2. The van der Waals surface area contributed by atoms with Gasteiger partial charge >= 0.3 is 5.97 Å². The molecule has 6 heteroatoms. The molecule has 3 rings (SSSR count). The molecule has 0 bridgehead atoms. The van der Waals surface area contributed by atoms with Crippen LogP contribution in [0.25, 0.3) is 0 Å². The second-order valence-electron chi connectivity index (χ2n) is 6.45. The topological polar surface area (TPSA) is 67.9 Å². The number of anilines is 2. The first-order valence-electron chi connectivity index (χ1n) is 9.01. The monoisotopic (exact) mass is 368 g/mol. The number of hydrogen-bond acceptors (Lipinski definition) is 5. The summed E-state index contributed by atoms with van der Waals surface area (Å²) in [5, 5.41) is 2.96. The summed E-state index contributed by atoms with van der Waals surface area (Å²) >= 11 is 0. The molecule has 0 saturated carbocycles. The van der Waals surface area contributed by atoms with E-state index in [4.69, 9.17) is 9.47 Å². The maximum Gasteiger partial charge on any atom is 0.337 e. The van der Waals surface area contributed by atoms with Gasteiger partial charge in [-0.3, -0.25) is 4.79 Å². The zero-order valence-electron chi connectivity index (χ0n) is 15.7. The summed E-state index contributed by atoms with van der Waals surface area (Å²) in [4.78, 5) is 26.8. The van der Waals surface area contributed by atoms with E-state index in [1.165, 1.54) is 7.11 Å². The molecule has 0 aromatic heterocycles. The Morgan fingerprint density at radius 1 is 1.07 bits per heavy atom. The largest absolute Gasteiger partial charge is 0.496 e. The van der Waals surface area contributed by atoms with Gasteiger partial charge in [0.2, 0.25) is 5.91 Å². The molecule has 0 radical (unpaired) electrons. The van der Waals surface area contributed by atoms with Crippen molar-refractivity contribution in [3.05, 3.63) is 53.6 Å². The lowest BCUT2D eigenvalue weighted by atomic mass is 10.1. The number of nitrogens with zero attached hydrogens (tertiary/aromatic N) is 1. The average Bonchev–Trinajstić information content (AvgIpc) is 3.22. The first-order valence-corrected chi connectivity index (χ1v) is 9.01. The molecule has 2 aromatic carbocycles. The number of carbonyl (C=O) groups is 2. The quantitative estimate of drug-likeness (QED) is 0.793. The lowest BCUT2D eigenvalue weighted by Crippen LogP contribution is -2.22. The van der Waals surface area contributed by atoms with Crippen molar-refractivity contribution in [2.75, 3.05) is 37.5 Å². The lowest BCUT2D eigenvalue weighted by molar-refractivity contribution is -0.115. The number of methoxy groups -OCH3 is 2. The van der Waals surface area contributed by atoms with Crippen LogP contribution >= 0.6 is 0 Å². The van der Waals surface area contributed by atoms with E-state index in [0.717, 1.165) is 37.2 Å². The number of hydrogen-bond donors (Lipinski definition) is 1. The fourth-order valence-corrected chi connectivity index (χ4v) is 3.33. The zero-order chi connectivity index (χ0) is 19.2. The van der Waals surface area contributed by atoms with Crippen LogP contribution in [0, 0.1) is 0 Å². The molecule has 1 amide bonds. The molecule has 0 atom stereocenters. The summed E-state index contributed by atoms with van der Waals surface area (Å²) in [5.74, 6) is 0.0842. The minimum atomic E-state index is -0.428. The Bertz CT molecular complexity index is 829. The van der Waals surface area contributed by atoms with Gasteiger partial charge in [-0.05, 0) is 37.1 Å². The predicted molar refractivity (Wildman–Crippen MR) is 105 cm³/mol. The molecule has 1 heterocycles. The first kappa shape index (κ1) is 18.8. The van der Waals surface area contributed by atoms with Gasteiger partial charge in [0.05, 0.1) is 37.6 Å². The fraction of sp³-hybridized carbons (Fsp3) is 0.333. The van der Waals surface area contributed by atoms with Gasteiger partial charge < -0.3 is 19.7 Å². The van der Waals surface area contributed by atoms with Crippen molar-refractivity contribution in [3.8, 4) is 5.75 Å². The summed E-state index contributed by atoms with van der Waals surface area (Å²) in [7, 11) is 2.93. The van der Waals surface area contributed by atoms with Crippen molar-refractivity contribution < 1.29 is 19.1 Å². The van der Waals surface area contributed by atoms with Gasteiger partial charge in [0.1, 0.15) is 5.75 Å². The molecule has 1 N–H and O–H groups in total. The SMILES string of the molecule is COC(=O)c1ccc(N2CCCC2)c(NC(=O)Cc2ccccc2OC)c1. The van der Waals surface area contributed by atoms with E-state index in [1.807, 2.05) is 30.3 Å². The minimum Gasteiger partial charge on any atom is -0.496 e. The van der Waals surface area contributed by atoms with Crippen molar-refractivity contribution in [2.24, 2.45) is 0 Å². The second kappa shape index (κ2) is 8.58. The van der Waals surface area contributed by atoms with Gasteiger partial charge in [0, 0.05) is 18.7 Å². The number of carbonyl (C=O) groups excluding carboxylic acids is 2. The molecule has 142 valence electrons. The highest BCUT2D eigenvalue weighted by atomic mass is 16.5. The van der Waals surface area contributed by atoms with Crippen molar-refractivity contribution >= 4 is 23.3 Å². The Kier molecular flexibility index (Phi) is 5.96. The van der Waals surface area contributed by atoms with E-state index in [1.54, 1.807) is 19.2 Å². The van der Waals surface area contributed by atoms with Gasteiger partial charge in [0.25, 0.3) is 0 Å². The Labute approximate surface area is 159 Å². The number of nitrogens with one attached hydrogen (secondary N) is 1. The van der Waals surface area contributed by atoms with Crippen LogP contribution in [0.1, 0.15) is 28.8 Å². The van der Waals surface area contributed by atoms with Crippen LogP contribution in [0.2, 0.25) is 0 Å². The van der Waals surface area contributed by atoms with Crippen LogP contribution in [-0.4, -0.2) is 39.2 Å². The highest BCUT2D eigenvalue weighted by Gasteiger charge is 2.19. The van der Waals surface area contributed by atoms with Gasteiger partial charge in [-0.1, -0.05) is 18.2 Å². The Balaban J connectivity index is 1.84. The lowest BCUT2D eigenvalue weighted by Gasteiger charge is -2.22. The summed E-state index contributed by atoms with van der Waals surface area (Å²) in [6.45, 7) is 1.87. The molecular formula is C21H24N2O4. The molecule has 0 unspecified atom stereocenters. The Morgan fingerprint density at radius 3 is 2.52 bits per heavy atom. The fourth-order valence-electron chi connectivity index (χ4n) is 3.33. The van der Waals surface area contributed by atoms with Gasteiger partial charge in [0.15, 0.2) is 0 Å². The smallest absolute Gasteiger partial charge is 0.337 e. The number of amides is 1. The van der Waals surface area contributed by atoms with Gasteiger partial charge in [-0.2, -0.15) is 0 Å². The van der Waals surface area contributed by atoms with Gasteiger partial charge in [-0.15, -0.1) is 0 Å². The van der Waals surface area contributed by atoms with E-state index < -0.39 is 5.97 Å². The molecule has 6 nitrogen and oxygen atoms in total. The molecule has 0 aliphatic carbocycles. The Morgan fingerprint density at radius 2 is 1.81 bits per heavy atom. The van der Waals surface area contributed by atoms with Crippen molar-refractivity contribution in [1.29, 1.82) is 0 Å². The third kappa shape index (κ3) is 4.39. The van der Waals surface area contributed by atoms with Gasteiger partial charge in [-0.25, -0.2) is 4.79 Å². The minimum absolute atomic E-state index is 0.165. The van der Waals surface area contributed by atoms with Crippen molar-refractivity contribution in [3.63, 3.8) is 0 Å². The Hall–Kier alpha value is -3.02. The van der Waals surface area contributed by atoms with Crippen LogP contribution in [0.5, 0.6) is 5.75 Å². The van der Waals surface area contributed by atoms with E-state index in [-0.39, 0.29) is 12.3 Å². The standard InChI is InChI=1S/C21H24N2O4/c1-26-19-8-4-3-7-15(19)14-20(24)22-17-13-16(21(25)27-2)9-10-18(17)23-11-5-6-12-23/h3-4,7-10,13H,5-6,11-12,14H2,1-2H3,(H,22,24). The van der Waals surface area contributed by atoms with Crippen molar-refractivity contribution in [2.45, 2.75) is 19.3 Å². The molecule has 0 spiro atoms. The van der Waals surface area contributed by atoms with Crippen LogP contribution in [0.3, 0.4) is 0 Å². The molecule has 2 aromatic rings. The van der Waals surface area contributed by atoms with Crippen LogP contribution in [0.4, 0.5) is 11.4 Å². The second-order valence-corrected chi connectivity index (χ2v) is 6.45. The van der Waals surface area contributed by atoms with E-state index in [2.05, 4.69) is 10.2 Å². The predicted octanol–water partition coefficient (Wildman–Crippen LogP) is 3.26. The number of benzene rings is 2. The summed E-state index contributed by atoms with van der Waals surface area (Å²) < 4.78 is 10.1. The molecular weight excluding hydrogens is 344 g/mol. The highest BCUT2D eigenvalue weighted by molar-refractivity contribution is 5.99. The zero-order valence-corrected chi connectivity index (χ0v) is 15.7. The molecule has 1 fully saturated rings. The summed E-state index contributed by atoms with van der Waals surface area (Å²) in [6, 6.07) is 12.7. The van der Waals surface area contributed by atoms with E-state index >= 15 is 0 Å². The molecule has 1 aliphatic heterocycles.